The predicted molar refractivity (Wildman–Crippen MR) is 85.8 cm³/mol. The van der Waals surface area contributed by atoms with Gasteiger partial charge in [0.2, 0.25) is 0 Å². The summed E-state index contributed by atoms with van der Waals surface area (Å²) in [4.78, 5) is 1.40. The van der Waals surface area contributed by atoms with Gasteiger partial charge in [-0.2, -0.15) is 0 Å². The van der Waals surface area contributed by atoms with E-state index >= 15 is 0 Å². The van der Waals surface area contributed by atoms with Crippen molar-refractivity contribution in [2.45, 2.75) is 56.4 Å². The third-order valence-corrected chi connectivity index (χ3v) is 5.14. The predicted octanol–water partition coefficient (Wildman–Crippen LogP) is 4.73. The minimum atomic E-state index is 0.688. The van der Waals surface area contributed by atoms with Gasteiger partial charge in [-0.05, 0) is 37.4 Å². The van der Waals surface area contributed by atoms with Crippen LogP contribution in [-0.2, 0) is 0 Å². The van der Waals surface area contributed by atoms with Crippen molar-refractivity contribution in [3.8, 4) is 0 Å². The molecular weight excluding hydrogens is 250 g/mol. The third-order valence-electron chi connectivity index (χ3n) is 3.97. The first-order chi connectivity index (χ1) is 9.38. The van der Waals surface area contributed by atoms with Crippen molar-refractivity contribution in [3.63, 3.8) is 0 Å². The molecule has 1 nitrogen and oxygen atoms in total. The number of benzene rings is 1. The number of hydrogen-bond donors (Lipinski definition) is 1. The second kappa shape index (κ2) is 8.65. The van der Waals surface area contributed by atoms with Crippen LogP contribution in [0, 0.1) is 5.92 Å². The molecule has 1 aromatic rings. The highest BCUT2D eigenvalue weighted by molar-refractivity contribution is 7.99. The van der Waals surface area contributed by atoms with Crippen LogP contribution in [0.5, 0.6) is 0 Å². The molecule has 0 saturated heterocycles. The smallest absolute Gasteiger partial charge is 0.0164 e. The van der Waals surface area contributed by atoms with Crippen molar-refractivity contribution in [1.82, 2.24) is 5.32 Å². The quantitative estimate of drug-likeness (QED) is 0.690. The van der Waals surface area contributed by atoms with Crippen molar-refractivity contribution in [3.05, 3.63) is 30.3 Å². The molecule has 106 valence electrons. The molecule has 0 radical (unpaired) electrons. The Morgan fingerprint density at radius 3 is 2.63 bits per heavy atom. The van der Waals surface area contributed by atoms with E-state index in [1.165, 1.54) is 49.2 Å². The zero-order valence-electron chi connectivity index (χ0n) is 12.1. The molecule has 0 aromatic heterocycles. The van der Waals surface area contributed by atoms with E-state index in [2.05, 4.69) is 42.6 Å². The summed E-state index contributed by atoms with van der Waals surface area (Å²) in [5.41, 5.74) is 0. The molecule has 0 aliphatic heterocycles. The lowest BCUT2D eigenvalue weighted by Gasteiger charge is -2.21. The van der Waals surface area contributed by atoms with E-state index < -0.39 is 0 Å². The normalized spacial score (nSPS) is 17.7. The number of thioether (sulfide) groups is 1. The maximum atomic E-state index is 3.75. The summed E-state index contributed by atoms with van der Waals surface area (Å²) in [6, 6.07) is 11.5. The Balaban J connectivity index is 1.78. The van der Waals surface area contributed by atoms with Crippen molar-refractivity contribution < 1.29 is 0 Å². The van der Waals surface area contributed by atoms with Crippen LogP contribution in [0.1, 0.15) is 45.4 Å². The van der Waals surface area contributed by atoms with Gasteiger partial charge in [0.15, 0.2) is 0 Å². The second-order valence-corrected chi connectivity index (χ2v) is 6.75. The SMILES string of the molecule is CCCNC(CSc1ccccc1)CC1CCCC1. The molecule has 1 N–H and O–H groups in total. The summed E-state index contributed by atoms with van der Waals surface area (Å²) in [7, 11) is 0. The van der Waals surface area contributed by atoms with Gasteiger partial charge in [0.05, 0.1) is 0 Å². The molecule has 1 aliphatic rings. The van der Waals surface area contributed by atoms with Crippen molar-refractivity contribution >= 4 is 11.8 Å². The van der Waals surface area contributed by atoms with Gasteiger partial charge in [0.25, 0.3) is 0 Å². The first-order valence-electron chi connectivity index (χ1n) is 7.79. The highest BCUT2D eigenvalue weighted by atomic mass is 32.2. The monoisotopic (exact) mass is 277 g/mol. The van der Waals surface area contributed by atoms with Gasteiger partial charge in [-0.1, -0.05) is 50.8 Å². The van der Waals surface area contributed by atoms with Gasteiger partial charge in [0.1, 0.15) is 0 Å². The van der Waals surface area contributed by atoms with Crippen LogP contribution in [0.15, 0.2) is 35.2 Å². The first-order valence-corrected chi connectivity index (χ1v) is 8.78. The minimum absolute atomic E-state index is 0.688. The molecule has 1 fully saturated rings. The zero-order chi connectivity index (χ0) is 13.3. The lowest BCUT2D eigenvalue weighted by atomic mass is 9.99. The fraction of sp³-hybridized carbons (Fsp3) is 0.647. The molecule has 2 rings (SSSR count). The van der Waals surface area contributed by atoms with Crippen LogP contribution < -0.4 is 5.32 Å². The molecule has 1 aromatic carbocycles. The minimum Gasteiger partial charge on any atom is -0.313 e. The molecule has 0 heterocycles. The maximum absolute atomic E-state index is 3.75. The Morgan fingerprint density at radius 1 is 1.21 bits per heavy atom. The highest BCUT2D eigenvalue weighted by Gasteiger charge is 2.19. The average Bonchev–Trinajstić information content (AvgIpc) is 2.96. The van der Waals surface area contributed by atoms with Gasteiger partial charge in [0, 0.05) is 16.7 Å². The summed E-state index contributed by atoms with van der Waals surface area (Å²) in [6.45, 7) is 3.41. The van der Waals surface area contributed by atoms with E-state index in [1.54, 1.807) is 0 Å². The van der Waals surface area contributed by atoms with Crippen LogP contribution in [0.2, 0.25) is 0 Å². The summed E-state index contributed by atoms with van der Waals surface area (Å²) in [5, 5.41) is 3.75. The molecule has 19 heavy (non-hydrogen) atoms. The molecule has 1 aliphatic carbocycles. The molecular formula is C17H27NS. The van der Waals surface area contributed by atoms with Crippen LogP contribution in [0.3, 0.4) is 0 Å². The summed E-state index contributed by atoms with van der Waals surface area (Å²) in [6.07, 6.45) is 8.44. The lowest BCUT2D eigenvalue weighted by Crippen LogP contribution is -2.33. The van der Waals surface area contributed by atoms with Crippen molar-refractivity contribution in [2.24, 2.45) is 5.92 Å². The first kappa shape index (κ1) is 14.9. The Bertz CT molecular complexity index is 332. The average molecular weight is 277 g/mol. The van der Waals surface area contributed by atoms with E-state index in [0.717, 1.165) is 12.5 Å². The van der Waals surface area contributed by atoms with Gasteiger partial charge in [-0.15, -0.1) is 11.8 Å². The molecule has 0 amide bonds. The molecule has 1 unspecified atom stereocenters. The van der Waals surface area contributed by atoms with Gasteiger partial charge in [-0.3, -0.25) is 0 Å². The van der Waals surface area contributed by atoms with Crippen molar-refractivity contribution in [2.75, 3.05) is 12.3 Å². The highest BCUT2D eigenvalue weighted by Crippen LogP contribution is 2.30. The Morgan fingerprint density at radius 2 is 1.95 bits per heavy atom. The molecule has 1 saturated carbocycles. The van der Waals surface area contributed by atoms with Gasteiger partial charge >= 0.3 is 0 Å². The van der Waals surface area contributed by atoms with Crippen LogP contribution >= 0.6 is 11.8 Å². The van der Waals surface area contributed by atoms with E-state index in [4.69, 9.17) is 0 Å². The largest absolute Gasteiger partial charge is 0.313 e. The molecule has 2 heteroatoms. The number of nitrogens with one attached hydrogen (secondary N) is 1. The van der Waals surface area contributed by atoms with E-state index in [9.17, 15) is 0 Å². The van der Waals surface area contributed by atoms with Crippen LogP contribution in [0.25, 0.3) is 0 Å². The van der Waals surface area contributed by atoms with Gasteiger partial charge in [-0.25, -0.2) is 0 Å². The molecule has 0 spiro atoms. The molecule has 1 atom stereocenters. The van der Waals surface area contributed by atoms with Crippen molar-refractivity contribution in [1.29, 1.82) is 0 Å². The van der Waals surface area contributed by atoms with Gasteiger partial charge < -0.3 is 5.32 Å². The Hall–Kier alpha value is -0.470. The molecule has 0 bridgehead atoms. The van der Waals surface area contributed by atoms with E-state index in [0.29, 0.717) is 6.04 Å². The van der Waals surface area contributed by atoms with E-state index in [1.807, 2.05) is 11.8 Å². The summed E-state index contributed by atoms with van der Waals surface area (Å²) >= 11 is 2.00. The summed E-state index contributed by atoms with van der Waals surface area (Å²) in [5.74, 6) is 2.19. The number of hydrogen-bond acceptors (Lipinski definition) is 2. The van der Waals surface area contributed by atoms with E-state index in [-0.39, 0.29) is 0 Å². The summed E-state index contributed by atoms with van der Waals surface area (Å²) < 4.78 is 0. The fourth-order valence-electron chi connectivity index (χ4n) is 2.92. The zero-order valence-corrected chi connectivity index (χ0v) is 12.9. The van der Waals surface area contributed by atoms with Crippen LogP contribution in [0.4, 0.5) is 0 Å². The Kier molecular flexibility index (Phi) is 6.80. The fourth-order valence-corrected chi connectivity index (χ4v) is 3.92. The van der Waals surface area contributed by atoms with Crippen LogP contribution in [-0.4, -0.2) is 18.3 Å². The standard InChI is InChI=1S/C17H27NS/c1-2-12-18-16(13-15-8-6-7-9-15)14-19-17-10-4-3-5-11-17/h3-5,10-11,15-16,18H,2,6-9,12-14H2,1H3. The Labute approximate surface area is 122 Å². The lowest BCUT2D eigenvalue weighted by molar-refractivity contribution is 0.410. The maximum Gasteiger partial charge on any atom is 0.0164 e. The second-order valence-electron chi connectivity index (χ2n) is 5.66. The topological polar surface area (TPSA) is 12.0 Å². The number of rotatable bonds is 8. The third kappa shape index (κ3) is 5.58.